The zero-order valence-electron chi connectivity index (χ0n) is 18.9. The molecule has 2 aromatic heterocycles. The lowest BCUT2D eigenvalue weighted by Crippen LogP contribution is -2.47. The molecule has 14 heteroatoms. The molecule has 3 heterocycles. The lowest BCUT2D eigenvalue weighted by molar-refractivity contribution is -0.137. The van der Waals surface area contributed by atoms with Gasteiger partial charge in [0.15, 0.2) is 0 Å². The minimum absolute atomic E-state index is 0.0494. The third-order valence-electron chi connectivity index (χ3n) is 5.63. The Balaban J connectivity index is 1.74. The van der Waals surface area contributed by atoms with Crippen LogP contribution in [0.25, 0.3) is 5.78 Å². The summed E-state index contributed by atoms with van der Waals surface area (Å²) in [5.41, 5.74) is -0.0930. The number of nitrogens with one attached hydrogen (secondary N) is 2. The molecule has 1 aliphatic rings. The van der Waals surface area contributed by atoms with E-state index in [1.54, 1.807) is 10.8 Å². The van der Waals surface area contributed by atoms with Crippen molar-refractivity contribution in [1.82, 2.24) is 24.5 Å². The van der Waals surface area contributed by atoms with Crippen LogP contribution >= 0.6 is 23.4 Å². The number of rotatable bonds is 6. The molecule has 0 bridgehead atoms. The summed E-state index contributed by atoms with van der Waals surface area (Å²) >= 11 is 7.27. The van der Waals surface area contributed by atoms with Crippen molar-refractivity contribution in [3.63, 3.8) is 0 Å². The van der Waals surface area contributed by atoms with E-state index in [1.807, 2.05) is 11.8 Å². The van der Waals surface area contributed by atoms with E-state index in [0.29, 0.717) is 49.1 Å². The van der Waals surface area contributed by atoms with Gasteiger partial charge >= 0.3 is 6.18 Å². The summed E-state index contributed by atoms with van der Waals surface area (Å²) in [5.74, 6) is -0.323. The summed E-state index contributed by atoms with van der Waals surface area (Å²) in [7, 11) is 0. The highest BCUT2D eigenvalue weighted by Gasteiger charge is 2.31. The molecular formula is C21H23ClF3N7O2S. The Bertz CT molecular complexity index is 1320. The molecule has 0 saturated carbocycles. The van der Waals surface area contributed by atoms with Crippen molar-refractivity contribution >= 4 is 46.4 Å². The van der Waals surface area contributed by atoms with Gasteiger partial charge in [-0.05, 0) is 30.9 Å². The Morgan fingerprint density at radius 1 is 1.29 bits per heavy atom. The Morgan fingerprint density at radius 2 is 2.00 bits per heavy atom. The van der Waals surface area contributed by atoms with Gasteiger partial charge in [-0.2, -0.15) is 22.7 Å². The van der Waals surface area contributed by atoms with E-state index in [1.165, 1.54) is 16.3 Å². The number of carbonyl (C=O) groups excluding carboxylic acids is 1. The molecule has 1 saturated heterocycles. The SMILES string of the molecule is CCc1c(N2CCNCC2)c(=O)n2nc(SC)nc2n1CC(=O)Nc1ccc(C(F)(F)F)cc1Cl. The first-order chi connectivity index (χ1) is 16.6. The van der Waals surface area contributed by atoms with Crippen LogP contribution in [0.2, 0.25) is 5.02 Å². The van der Waals surface area contributed by atoms with Crippen LogP contribution in [0.3, 0.4) is 0 Å². The van der Waals surface area contributed by atoms with Gasteiger partial charge in [0.1, 0.15) is 12.2 Å². The molecule has 35 heavy (non-hydrogen) atoms. The summed E-state index contributed by atoms with van der Waals surface area (Å²) in [6.45, 7) is 4.29. The van der Waals surface area contributed by atoms with Crippen LogP contribution in [0.15, 0.2) is 28.2 Å². The maximum absolute atomic E-state index is 13.4. The van der Waals surface area contributed by atoms with Crippen molar-refractivity contribution in [2.24, 2.45) is 0 Å². The number of benzene rings is 1. The van der Waals surface area contributed by atoms with Gasteiger partial charge in [0.2, 0.25) is 16.8 Å². The van der Waals surface area contributed by atoms with Crippen molar-refractivity contribution in [2.75, 3.05) is 42.7 Å². The van der Waals surface area contributed by atoms with Crippen LogP contribution < -0.4 is 21.1 Å². The largest absolute Gasteiger partial charge is 0.416 e. The van der Waals surface area contributed by atoms with Crippen LogP contribution in [0.5, 0.6) is 0 Å². The Labute approximate surface area is 207 Å². The van der Waals surface area contributed by atoms with Gasteiger partial charge in [0, 0.05) is 26.2 Å². The topological polar surface area (TPSA) is 96.6 Å². The first kappa shape index (κ1) is 25.3. The van der Waals surface area contributed by atoms with Crippen molar-refractivity contribution in [2.45, 2.75) is 31.2 Å². The fourth-order valence-electron chi connectivity index (χ4n) is 4.01. The highest BCUT2D eigenvalue weighted by molar-refractivity contribution is 7.98. The molecule has 0 aliphatic carbocycles. The molecule has 0 unspecified atom stereocenters. The zero-order chi connectivity index (χ0) is 25.3. The van der Waals surface area contributed by atoms with Gasteiger partial charge in [0.05, 0.1) is 22.0 Å². The number of fused-ring (bicyclic) bond motifs is 1. The average Bonchev–Trinajstić information content (AvgIpc) is 3.27. The summed E-state index contributed by atoms with van der Waals surface area (Å²) in [6.07, 6.45) is -2.32. The number of piperazine rings is 1. The maximum atomic E-state index is 13.4. The molecule has 1 aliphatic heterocycles. The van der Waals surface area contributed by atoms with E-state index in [2.05, 4.69) is 20.7 Å². The first-order valence-corrected chi connectivity index (χ1v) is 12.4. The number of amides is 1. The number of hydrogen-bond acceptors (Lipinski definition) is 7. The molecule has 0 spiro atoms. The van der Waals surface area contributed by atoms with Crippen LogP contribution in [-0.4, -0.2) is 57.5 Å². The third-order valence-corrected chi connectivity index (χ3v) is 6.48. The van der Waals surface area contributed by atoms with E-state index >= 15 is 0 Å². The summed E-state index contributed by atoms with van der Waals surface area (Å²) < 4.78 is 41.6. The molecule has 9 nitrogen and oxygen atoms in total. The normalized spacial score (nSPS) is 14.5. The second-order valence-corrected chi connectivity index (χ2v) is 9.01. The molecule has 0 atom stereocenters. The number of carbonyl (C=O) groups is 1. The standard InChI is InChI=1S/C21H23ClF3N7O2S/c1-3-15-17(30-8-6-26-7-9-30)18(34)32-20(28-19(29-32)35-2)31(15)11-16(33)27-14-5-4-12(10-13(14)22)21(23,24)25/h4-5,10,26H,3,6-9,11H2,1-2H3,(H,27,33). The van der Waals surface area contributed by atoms with Gasteiger partial charge in [-0.15, -0.1) is 5.10 Å². The maximum Gasteiger partial charge on any atom is 0.416 e. The number of hydrogen-bond donors (Lipinski definition) is 2. The lowest BCUT2D eigenvalue weighted by atomic mass is 10.2. The lowest BCUT2D eigenvalue weighted by Gasteiger charge is -2.31. The van der Waals surface area contributed by atoms with Gasteiger partial charge in [0.25, 0.3) is 5.56 Å². The number of anilines is 2. The van der Waals surface area contributed by atoms with Crippen molar-refractivity contribution in [1.29, 1.82) is 0 Å². The van der Waals surface area contributed by atoms with Gasteiger partial charge in [-0.3, -0.25) is 9.59 Å². The Morgan fingerprint density at radius 3 is 2.60 bits per heavy atom. The molecule has 3 aromatic rings. The smallest absolute Gasteiger partial charge is 0.363 e. The minimum atomic E-state index is -4.55. The Kier molecular flexibility index (Phi) is 7.29. The van der Waals surface area contributed by atoms with Gasteiger partial charge < -0.3 is 20.1 Å². The number of aromatic nitrogens is 4. The fraction of sp³-hybridized carbons (Fsp3) is 0.429. The first-order valence-electron chi connectivity index (χ1n) is 10.8. The van der Waals surface area contributed by atoms with E-state index in [9.17, 15) is 22.8 Å². The predicted octanol–water partition coefficient (Wildman–Crippen LogP) is 2.90. The number of nitrogens with zero attached hydrogens (tertiary/aromatic N) is 5. The van der Waals surface area contributed by atoms with Crippen molar-refractivity contribution in [3.05, 3.63) is 44.8 Å². The molecule has 2 N–H and O–H groups in total. The van der Waals surface area contributed by atoms with Crippen LogP contribution in [-0.2, 0) is 23.9 Å². The van der Waals surface area contributed by atoms with E-state index in [4.69, 9.17) is 11.6 Å². The second-order valence-electron chi connectivity index (χ2n) is 7.83. The molecule has 4 rings (SSSR count). The predicted molar refractivity (Wildman–Crippen MR) is 129 cm³/mol. The zero-order valence-corrected chi connectivity index (χ0v) is 20.5. The second kappa shape index (κ2) is 10.1. The molecule has 0 radical (unpaired) electrons. The number of alkyl halides is 3. The third kappa shape index (κ3) is 5.11. The van der Waals surface area contributed by atoms with Crippen LogP contribution in [0.1, 0.15) is 18.2 Å². The molecular weight excluding hydrogens is 507 g/mol. The summed E-state index contributed by atoms with van der Waals surface area (Å²) in [6, 6.07) is 2.72. The minimum Gasteiger partial charge on any atom is -0.363 e. The van der Waals surface area contributed by atoms with Gasteiger partial charge in [-0.1, -0.05) is 30.3 Å². The highest BCUT2D eigenvalue weighted by atomic mass is 35.5. The fourth-order valence-corrected chi connectivity index (χ4v) is 4.58. The molecule has 1 amide bonds. The monoisotopic (exact) mass is 529 g/mol. The van der Waals surface area contributed by atoms with E-state index < -0.39 is 17.6 Å². The van der Waals surface area contributed by atoms with E-state index in [0.717, 1.165) is 18.2 Å². The number of thioether (sulfide) groups is 1. The average molecular weight is 530 g/mol. The van der Waals surface area contributed by atoms with Crippen LogP contribution in [0, 0.1) is 0 Å². The number of halogens is 4. The summed E-state index contributed by atoms with van der Waals surface area (Å²) in [5, 5.41) is 10.2. The summed E-state index contributed by atoms with van der Waals surface area (Å²) in [4.78, 5) is 32.8. The molecule has 188 valence electrons. The Hall–Kier alpha value is -2.77. The van der Waals surface area contributed by atoms with Crippen molar-refractivity contribution in [3.8, 4) is 0 Å². The van der Waals surface area contributed by atoms with Crippen molar-refractivity contribution < 1.29 is 18.0 Å². The van der Waals surface area contributed by atoms with Crippen LogP contribution in [0.4, 0.5) is 24.5 Å². The molecule has 1 aromatic carbocycles. The highest BCUT2D eigenvalue weighted by Crippen LogP contribution is 2.33. The van der Waals surface area contributed by atoms with Gasteiger partial charge in [-0.25, -0.2) is 0 Å². The quantitative estimate of drug-likeness (QED) is 0.474. The molecule has 1 fully saturated rings. The van der Waals surface area contributed by atoms with E-state index in [-0.39, 0.29) is 28.6 Å².